The Kier molecular flexibility index (Phi) is 5.14. The molecule has 2 atom stereocenters. The van der Waals surface area contributed by atoms with Crippen LogP contribution in [0, 0.1) is 5.41 Å². The summed E-state index contributed by atoms with van der Waals surface area (Å²) < 4.78 is 0. The van der Waals surface area contributed by atoms with Crippen LogP contribution in [0.3, 0.4) is 0 Å². The van der Waals surface area contributed by atoms with E-state index >= 15 is 0 Å². The van der Waals surface area contributed by atoms with Gasteiger partial charge >= 0.3 is 0 Å². The molecule has 0 bridgehead atoms. The summed E-state index contributed by atoms with van der Waals surface area (Å²) in [5.74, 6) is 0. The first-order chi connectivity index (χ1) is 9.31. The predicted octanol–water partition coefficient (Wildman–Crippen LogP) is 2.57. The molecular weight excluding hydrogens is 246 g/mol. The predicted molar refractivity (Wildman–Crippen MR) is 87.2 cm³/mol. The van der Waals surface area contributed by atoms with Gasteiger partial charge in [-0.2, -0.15) is 0 Å². The van der Waals surface area contributed by atoms with E-state index in [1.807, 2.05) is 0 Å². The molecule has 2 aliphatic rings. The maximum atomic E-state index is 3.71. The van der Waals surface area contributed by atoms with Gasteiger partial charge in [-0.1, -0.05) is 13.8 Å². The highest BCUT2D eigenvalue weighted by Gasteiger charge is 2.34. The number of fused-ring (bicyclic) bond motifs is 1. The van der Waals surface area contributed by atoms with Crippen molar-refractivity contribution in [3.8, 4) is 0 Å². The highest BCUT2D eigenvalue weighted by molar-refractivity contribution is 4.90. The molecule has 20 heavy (non-hydrogen) atoms. The first-order valence-corrected chi connectivity index (χ1v) is 8.53. The van der Waals surface area contributed by atoms with E-state index in [0.29, 0.717) is 5.41 Å². The van der Waals surface area contributed by atoms with Crippen molar-refractivity contribution >= 4 is 0 Å². The highest BCUT2D eigenvalue weighted by atomic mass is 15.3. The van der Waals surface area contributed by atoms with E-state index < -0.39 is 0 Å². The Labute approximate surface area is 126 Å². The summed E-state index contributed by atoms with van der Waals surface area (Å²) in [5, 5.41) is 3.71. The maximum absolute atomic E-state index is 3.71. The molecule has 2 unspecified atom stereocenters. The molecule has 118 valence electrons. The molecule has 0 saturated carbocycles. The third-order valence-corrected chi connectivity index (χ3v) is 5.18. The van der Waals surface area contributed by atoms with Gasteiger partial charge in [0.1, 0.15) is 0 Å². The van der Waals surface area contributed by atoms with Crippen LogP contribution < -0.4 is 5.32 Å². The first-order valence-electron chi connectivity index (χ1n) is 8.53. The van der Waals surface area contributed by atoms with Gasteiger partial charge in [0, 0.05) is 44.3 Å². The Morgan fingerprint density at radius 1 is 1.10 bits per heavy atom. The molecule has 2 heterocycles. The van der Waals surface area contributed by atoms with Gasteiger partial charge in [-0.05, 0) is 52.0 Å². The quantitative estimate of drug-likeness (QED) is 0.835. The van der Waals surface area contributed by atoms with Gasteiger partial charge in [0.2, 0.25) is 0 Å². The maximum Gasteiger partial charge on any atom is 0.0224 e. The van der Waals surface area contributed by atoms with Crippen LogP contribution in [0.25, 0.3) is 0 Å². The van der Waals surface area contributed by atoms with Crippen molar-refractivity contribution in [1.29, 1.82) is 0 Å². The van der Waals surface area contributed by atoms with Crippen LogP contribution in [0.15, 0.2) is 0 Å². The third kappa shape index (κ3) is 4.44. The van der Waals surface area contributed by atoms with Crippen LogP contribution in [-0.4, -0.2) is 60.6 Å². The molecule has 2 aliphatic heterocycles. The Balaban J connectivity index is 1.85. The third-order valence-electron chi connectivity index (χ3n) is 5.18. The molecule has 2 rings (SSSR count). The van der Waals surface area contributed by atoms with Crippen molar-refractivity contribution in [3.63, 3.8) is 0 Å². The van der Waals surface area contributed by atoms with Crippen molar-refractivity contribution in [2.24, 2.45) is 5.41 Å². The fourth-order valence-electron chi connectivity index (χ4n) is 3.51. The largest absolute Gasteiger partial charge is 0.311 e. The van der Waals surface area contributed by atoms with Crippen molar-refractivity contribution in [2.75, 3.05) is 39.3 Å². The average molecular weight is 281 g/mol. The number of hydrogen-bond donors (Lipinski definition) is 1. The fraction of sp³-hybridized carbons (Fsp3) is 1.00. The number of nitrogens with zero attached hydrogens (tertiary/aromatic N) is 2. The van der Waals surface area contributed by atoms with Crippen LogP contribution in [0.4, 0.5) is 0 Å². The second-order valence-corrected chi connectivity index (χ2v) is 8.33. The van der Waals surface area contributed by atoms with Gasteiger partial charge in [-0.15, -0.1) is 0 Å². The fourth-order valence-corrected chi connectivity index (χ4v) is 3.51. The van der Waals surface area contributed by atoms with Crippen LogP contribution >= 0.6 is 0 Å². The van der Waals surface area contributed by atoms with Crippen LogP contribution in [0.5, 0.6) is 0 Å². The molecule has 0 aliphatic carbocycles. The zero-order valence-electron chi connectivity index (χ0n) is 14.3. The van der Waals surface area contributed by atoms with Gasteiger partial charge in [-0.3, -0.25) is 9.80 Å². The van der Waals surface area contributed by atoms with Crippen LogP contribution in [-0.2, 0) is 0 Å². The topological polar surface area (TPSA) is 18.5 Å². The lowest BCUT2D eigenvalue weighted by atomic mass is 9.85. The lowest BCUT2D eigenvalue weighted by molar-refractivity contribution is 0.0653. The van der Waals surface area contributed by atoms with Crippen molar-refractivity contribution < 1.29 is 0 Å². The minimum atomic E-state index is 0.223. The molecule has 0 aromatic rings. The van der Waals surface area contributed by atoms with Gasteiger partial charge in [0.05, 0.1) is 0 Å². The molecule has 2 saturated heterocycles. The summed E-state index contributed by atoms with van der Waals surface area (Å²) in [6, 6.07) is 0.848. The number of hydrogen-bond acceptors (Lipinski definition) is 3. The smallest absolute Gasteiger partial charge is 0.0224 e. The molecule has 0 amide bonds. The zero-order chi connectivity index (χ0) is 14.8. The Morgan fingerprint density at radius 3 is 2.50 bits per heavy atom. The Morgan fingerprint density at radius 2 is 1.85 bits per heavy atom. The monoisotopic (exact) mass is 281 g/mol. The summed E-state index contributed by atoms with van der Waals surface area (Å²) in [6.07, 6.45) is 4.08. The summed E-state index contributed by atoms with van der Waals surface area (Å²) in [4.78, 5) is 5.42. The second kappa shape index (κ2) is 6.33. The summed E-state index contributed by atoms with van der Waals surface area (Å²) in [7, 11) is 0. The van der Waals surface area contributed by atoms with Gasteiger partial charge in [0.15, 0.2) is 0 Å². The Bertz CT molecular complexity index is 310. The molecule has 2 fully saturated rings. The molecule has 0 aromatic carbocycles. The lowest BCUT2D eigenvalue weighted by Crippen LogP contribution is -2.54. The first kappa shape index (κ1) is 16.3. The lowest BCUT2D eigenvalue weighted by Gasteiger charge is -2.42. The average Bonchev–Trinajstić information content (AvgIpc) is 2.83. The molecule has 3 heteroatoms. The van der Waals surface area contributed by atoms with Gasteiger partial charge in [0.25, 0.3) is 0 Å². The Hall–Kier alpha value is -0.120. The van der Waals surface area contributed by atoms with E-state index in [2.05, 4.69) is 49.7 Å². The normalized spacial score (nSPS) is 28.4. The number of nitrogens with one attached hydrogen (secondary N) is 1. The SMILES string of the molecule is CCC(C)(CNC(C)(C)C)CN1CCN2CCCC2C1. The zero-order valence-corrected chi connectivity index (χ0v) is 14.3. The summed E-state index contributed by atoms with van der Waals surface area (Å²) >= 11 is 0. The molecule has 0 aromatic heterocycles. The van der Waals surface area contributed by atoms with Crippen molar-refractivity contribution in [1.82, 2.24) is 15.1 Å². The minimum Gasteiger partial charge on any atom is -0.311 e. The van der Waals surface area contributed by atoms with E-state index in [1.54, 1.807) is 0 Å². The minimum absolute atomic E-state index is 0.223. The molecule has 0 radical (unpaired) electrons. The van der Waals surface area contributed by atoms with Crippen LogP contribution in [0.2, 0.25) is 0 Å². The van der Waals surface area contributed by atoms with E-state index in [9.17, 15) is 0 Å². The van der Waals surface area contributed by atoms with E-state index in [1.165, 1.54) is 52.0 Å². The van der Waals surface area contributed by atoms with Gasteiger partial charge < -0.3 is 5.32 Å². The second-order valence-electron chi connectivity index (χ2n) is 8.33. The van der Waals surface area contributed by atoms with E-state index in [4.69, 9.17) is 0 Å². The van der Waals surface area contributed by atoms with E-state index in [0.717, 1.165) is 12.6 Å². The van der Waals surface area contributed by atoms with Crippen LogP contribution in [0.1, 0.15) is 53.9 Å². The van der Waals surface area contributed by atoms with Crippen molar-refractivity contribution in [2.45, 2.75) is 65.5 Å². The number of piperazine rings is 1. The highest BCUT2D eigenvalue weighted by Crippen LogP contribution is 2.27. The molecular formula is C17H35N3. The number of rotatable bonds is 5. The molecule has 3 nitrogen and oxygen atoms in total. The summed E-state index contributed by atoms with van der Waals surface area (Å²) in [5.41, 5.74) is 0.620. The molecule has 1 N–H and O–H groups in total. The van der Waals surface area contributed by atoms with Crippen molar-refractivity contribution in [3.05, 3.63) is 0 Å². The van der Waals surface area contributed by atoms with Gasteiger partial charge in [-0.25, -0.2) is 0 Å². The summed E-state index contributed by atoms with van der Waals surface area (Å²) in [6.45, 7) is 19.2. The standard InChI is InChI=1S/C17H35N3/c1-6-17(5,13-18-16(2,3)4)14-19-10-11-20-9-7-8-15(20)12-19/h15,18H,6-14H2,1-5H3. The van der Waals surface area contributed by atoms with E-state index in [-0.39, 0.29) is 5.54 Å². The molecule has 0 spiro atoms.